The zero-order valence-electron chi connectivity index (χ0n) is 4.35. The molecule has 40 valence electrons. The summed E-state index contributed by atoms with van der Waals surface area (Å²) < 4.78 is 0. The second-order valence-corrected chi connectivity index (χ2v) is 1.10. The molecule has 0 spiro atoms. The van der Waals surface area contributed by atoms with Crippen molar-refractivity contribution in [3.05, 3.63) is 12.2 Å². The minimum atomic E-state index is 0.639. The average Bonchev–Trinajstić information content (AvgIpc) is 1.69. The maximum absolute atomic E-state index is 9.53. The third-order valence-electron chi connectivity index (χ3n) is 0.555. The maximum Gasteiger partial charge on any atom is 0.207 e. The van der Waals surface area contributed by atoms with Gasteiger partial charge in [-0.1, -0.05) is 12.2 Å². The van der Waals surface area contributed by atoms with E-state index in [9.17, 15) is 4.79 Å². The molecule has 7 heavy (non-hydrogen) atoms. The van der Waals surface area contributed by atoms with Crippen molar-refractivity contribution in [1.82, 2.24) is 5.32 Å². The first-order valence-electron chi connectivity index (χ1n) is 2.20. The molecule has 0 fully saturated rings. The number of hydrogen-bond acceptors (Lipinski definition) is 1. The highest BCUT2D eigenvalue weighted by Gasteiger charge is 1.66. The van der Waals surface area contributed by atoms with Gasteiger partial charge in [-0.15, -0.1) is 0 Å². The second kappa shape index (κ2) is 5.21. The highest BCUT2D eigenvalue weighted by atomic mass is 16.1. The van der Waals surface area contributed by atoms with E-state index in [0.29, 0.717) is 13.0 Å². The number of rotatable bonds is 3. The molecule has 0 aliphatic heterocycles. The Kier molecular flexibility index (Phi) is 4.62. The zero-order chi connectivity index (χ0) is 5.54. The quantitative estimate of drug-likeness (QED) is 0.308. The molecular formula is C5H9NO. The van der Waals surface area contributed by atoms with E-state index in [0.717, 1.165) is 0 Å². The molecule has 0 radical (unpaired) electrons. The van der Waals surface area contributed by atoms with Crippen molar-refractivity contribution in [1.29, 1.82) is 0 Å². The number of carbonyl (C=O) groups is 1. The molecule has 0 aliphatic rings. The van der Waals surface area contributed by atoms with Crippen LogP contribution >= 0.6 is 0 Å². The smallest absolute Gasteiger partial charge is 0.207 e. The minimum Gasteiger partial charge on any atom is -0.355 e. The van der Waals surface area contributed by atoms with Gasteiger partial charge in [0.25, 0.3) is 0 Å². The maximum atomic E-state index is 9.53. The molecule has 0 saturated carbocycles. The molecule has 0 aromatic rings. The highest BCUT2D eigenvalue weighted by molar-refractivity contribution is 5.46. The Hall–Kier alpha value is -0.790. The van der Waals surface area contributed by atoms with Gasteiger partial charge >= 0.3 is 0 Å². The standard InChI is InChI=1S/C5H9NO/c1-2-3-4-6-5-7/h2-3,5H,4H2,1H3,(H,6,7). The molecule has 2 heteroatoms. The van der Waals surface area contributed by atoms with E-state index >= 15 is 0 Å². The summed E-state index contributed by atoms with van der Waals surface area (Å²) in [6, 6.07) is 0. The van der Waals surface area contributed by atoms with Crippen molar-refractivity contribution < 1.29 is 4.79 Å². The first-order valence-corrected chi connectivity index (χ1v) is 2.20. The molecule has 0 rings (SSSR count). The average molecular weight is 99.1 g/mol. The van der Waals surface area contributed by atoms with E-state index in [-0.39, 0.29) is 0 Å². The van der Waals surface area contributed by atoms with Crippen molar-refractivity contribution >= 4 is 6.41 Å². The van der Waals surface area contributed by atoms with E-state index < -0.39 is 0 Å². The van der Waals surface area contributed by atoms with Gasteiger partial charge in [0.05, 0.1) is 0 Å². The molecule has 0 heterocycles. The third kappa shape index (κ3) is 5.21. The number of nitrogens with one attached hydrogen (secondary N) is 1. The molecule has 0 aromatic carbocycles. The summed E-state index contributed by atoms with van der Waals surface area (Å²) in [6.45, 7) is 2.55. The van der Waals surface area contributed by atoms with Crippen molar-refractivity contribution in [3.8, 4) is 0 Å². The first kappa shape index (κ1) is 6.21. The minimum absolute atomic E-state index is 0.639. The van der Waals surface area contributed by atoms with Gasteiger partial charge in [-0.05, 0) is 6.92 Å². The van der Waals surface area contributed by atoms with Gasteiger partial charge in [-0.2, -0.15) is 0 Å². The fraction of sp³-hybridized carbons (Fsp3) is 0.400. The third-order valence-corrected chi connectivity index (χ3v) is 0.555. The predicted octanol–water partition coefficient (Wildman–Crippen LogP) is 0.309. The van der Waals surface area contributed by atoms with E-state index in [2.05, 4.69) is 5.32 Å². The lowest BCUT2D eigenvalue weighted by Crippen LogP contribution is -2.08. The second-order valence-electron chi connectivity index (χ2n) is 1.10. The van der Waals surface area contributed by atoms with Crippen LogP contribution in [0.25, 0.3) is 0 Å². The van der Waals surface area contributed by atoms with E-state index in [1.807, 2.05) is 19.1 Å². The van der Waals surface area contributed by atoms with E-state index in [4.69, 9.17) is 0 Å². The lowest BCUT2D eigenvalue weighted by molar-refractivity contribution is -0.109. The molecule has 2 nitrogen and oxygen atoms in total. The van der Waals surface area contributed by atoms with Crippen molar-refractivity contribution in [2.24, 2.45) is 0 Å². The normalized spacial score (nSPS) is 9.29. The van der Waals surface area contributed by atoms with Gasteiger partial charge in [0.1, 0.15) is 0 Å². The van der Waals surface area contributed by atoms with Gasteiger partial charge in [0.15, 0.2) is 0 Å². The summed E-state index contributed by atoms with van der Waals surface area (Å²) in [4.78, 5) is 9.53. The van der Waals surface area contributed by atoms with Crippen LogP contribution in [0, 0.1) is 0 Å². The van der Waals surface area contributed by atoms with Crippen molar-refractivity contribution in [3.63, 3.8) is 0 Å². The summed E-state index contributed by atoms with van der Waals surface area (Å²) in [5, 5.41) is 2.48. The summed E-state index contributed by atoms with van der Waals surface area (Å²) in [6.07, 6.45) is 4.44. The number of hydrogen-bond donors (Lipinski definition) is 1. The van der Waals surface area contributed by atoms with Crippen LogP contribution in [0.5, 0.6) is 0 Å². The fourth-order valence-electron chi connectivity index (χ4n) is 0.234. The van der Waals surface area contributed by atoms with Gasteiger partial charge in [-0.25, -0.2) is 0 Å². The van der Waals surface area contributed by atoms with Crippen LogP contribution in [0.3, 0.4) is 0 Å². The predicted molar refractivity (Wildman–Crippen MR) is 28.9 cm³/mol. The molecule has 0 bridgehead atoms. The van der Waals surface area contributed by atoms with E-state index in [1.54, 1.807) is 0 Å². The monoisotopic (exact) mass is 99.1 g/mol. The van der Waals surface area contributed by atoms with Gasteiger partial charge in [0.2, 0.25) is 6.41 Å². The number of amides is 1. The molecule has 1 amide bonds. The molecule has 0 aliphatic carbocycles. The fourth-order valence-corrected chi connectivity index (χ4v) is 0.234. The Morgan fingerprint density at radius 2 is 2.43 bits per heavy atom. The summed E-state index contributed by atoms with van der Waals surface area (Å²) >= 11 is 0. The Morgan fingerprint density at radius 1 is 1.71 bits per heavy atom. The van der Waals surface area contributed by atoms with Crippen LogP contribution in [0.2, 0.25) is 0 Å². The first-order chi connectivity index (χ1) is 3.41. The molecule has 0 atom stereocenters. The van der Waals surface area contributed by atoms with Crippen molar-refractivity contribution in [2.45, 2.75) is 6.92 Å². The Morgan fingerprint density at radius 3 is 2.86 bits per heavy atom. The Labute approximate surface area is 43.2 Å². The molecule has 1 N–H and O–H groups in total. The van der Waals surface area contributed by atoms with Crippen molar-refractivity contribution in [2.75, 3.05) is 6.54 Å². The molecule has 0 aromatic heterocycles. The summed E-state index contributed by atoms with van der Waals surface area (Å²) in [5.74, 6) is 0. The van der Waals surface area contributed by atoms with E-state index in [1.165, 1.54) is 0 Å². The van der Waals surface area contributed by atoms with Crippen LogP contribution in [0.1, 0.15) is 6.92 Å². The van der Waals surface area contributed by atoms with Gasteiger partial charge < -0.3 is 5.32 Å². The Bertz CT molecular complexity index is 68.5. The summed E-state index contributed by atoms with van der Waals surface area (Å²) in [7, 11) is 0. The van der Waals surface area contributed by atoms with Crippen LogP contribution in [0.4, 0.5) is 0 Å². The SMILES string of the molecule is CC=CCNC=O. The molecule has 0 saturated heterocycles. The summed E-state index contributed by atoms with van der Waals surface area (Å²) in [5.41, 5.74) is 0. The number of carbonyl (C=O) groups excluding carboxylic acids is 1. The van der Waals surface area contributed by atoms with Crippen LogP contribution in [-0.4, -0.2) is 13.0 Å². The largest absolute Gasteiger partial charge is 0.355 e. The Balaban J connectivity index is 2.82. The highest BCUT2D eigenvalue weighted by Crippen LogP contribution is 1.62. The van der Waals surface area contributed by atoms with Gasteiger partial charge in [-0.3, -0.25) is 4.79 Å². The van der Waals surface area contributed by atoms with Crippen LogP contribution < -0.4 is 5.32 Å². The zero-order valence-corrected chi connectivity index (χ0v) is 4.35. The molecule has 0 unspecified atom stereocenters. The number of allylic oxidation sites excluding steroid dienone is 1. The van der Waals surface area contributed by atoms with Crippen LogP contribution in [-0.2, 0) is 4.79 Å². The van der Waals surface area contributed by atoms with Crippen LogP contribution in [0.15, 0.2) is 12.2 Å². The van der Waals surface area contributed by atoms with Gasteiger partial charge in [0, 0.05) is 6.54 Å². The molecular weight excluding hydrogens is 90.1 g/mol. The lowest BCUT2D eigenvalue weighted by atomic mass is 10.5. The topological polar surface area (TPSA) is 29.1 Å². The lowest BCUT2D eigenvalue weighted by Gasteiger charge is -1.83.